The summed E-state index contributed by atoms with van der Waals surface area (Å²) < 4.78 is 2.55. The molecule has 2 rings (SSSR count). The van der Waals surface area contributed by atoms with E-state index < -0.39 is 0 Å². The van der Waals surface area contributed by atoms with Crippen LogP contribution in [-0.2, 0) is 13.6 Å². The second kappa shape index (κ2) is 4.08. The van der Waals surface area contributed by atoms with E-state index in [9.17, 15) is 9.59 Å². The molecular weight excluding hydrogens is 222 g/mol. The van der Waals surface area contributed by atoms with Crippen molar-refractivity contribution >= 4 is 17.1 Å². The van der Waals surface area contributed by atoms with Gasteiger partial charge in [0, 0.05) is 20.1 Å². The van der Waals surface area contributed by atoms with Gasteiger partial charge in [0.2, 0.25) is 5.95 Å². The highest BCUT2D eigenvalue weighted by Gasteiger charge is 2.13. The van der Waals surface area contributed by atoms with Crippen LogP contribution >= 0.6 is 0 Å². The molecule has 0 bridgehead atoms. The van der Waals surface area contributed by atoms with Crippen LogP contribution in [0, 0.1) is 0 Å². The van der Waals surface area contributed by atoms with Crippen LogP contribution in [0.2, 0.25) is 0 Å². The summed E-state index contributed by atoms with van der Waals surface area (Å²) in [4.78, 5) is 30.9. The topological polar surface area (TPSA) is 84.7 Å². The molecule has 17 heavy (non-hydrogen) atoms. The number of anilines is 1. The van der Waals surface area contributed by atoms with Gasteiger partial charge < -0.3 is 10.3 Å². The third-order valence-corrected chi connectivity index (χ3v) is 2.64. The summed E-state index contributed by atoms with van der Waals surface area (Å²) >= 11 is 0. The fourth-order valence-electron chi connectivity index (χ4n) is 1.78. The van der Waals surface area contributed by atoms with E-state index in [1.807, 2.05) is 6.92 Å². The highest BCUT2D eigenvalue weighted by atomic mass is 16.2. The van der Waals surface area contributed by atoms with Crippen LogP contribution in [0.5, 0.6) is 0 Å². The number of imidazole rings is 1. The number of H-pyrrole nitrogens is 1. The lowest BCUT2D eigenvalue weighted by Gasteiger charge is -2.03. The molecule has 0 radical (unpaired) electrons. The zero-order valence-corrected chi connectivity index (χ0v) is 10.1. The van der Waals surface area contributed by atoms with Gasteiger partial charge in [0.05, 0.1) is 0 Å². The number of rotatable bonds is 3. The van der Waals surface area contributed by atoms with Crippen molar-refractivity contribution < 1.29 is 0 Å². The van der Waals surface area contributed by atoms with Crippen molar-refractivity contribution in [3.05, 3.63) is 20.8 Å². The monoisotopic (exact) mass is 237 g/mol. The molecule has 0 saturated heterocycles. The van der Waals surface area contributed by atoms with Crippen molar-refractivity contribution in [2.75, 3.05) is 11.9 Å². The molecule has 92 valence electrons. The molecule has 0 fully saturated rings. The van der Waals surface area contributed by atoms with Gasteiger partial charge in [-0.15, -0.1) is 0 Å². The van der Waals surface area contributed by atoms with E-state index in [1.54, 1.807) is 14.0 Å². The van der Waals surface area contributed by atoms with E-state index in [2.05, 4.69) is 15.3 Å². The highest BCUT2D eigenvalue weighted by Crippen LogP contribution is 2.07. The number of nitrogens with zero attached hydrogens (tertiary/aromatic N) is 3. The summed E-state index contributed by atoms with van der Waals surface area (Å²) in [5.74, 6) is 0.503. The molecule has 0 aliphatic carbocycles. The van der Waals surface area contributed by atoms with E-state index in [-0.39, 0.29) is 11.2 Å². The Morgan fingerprint density at radius 2 is 2.06 bits per heavy atom. The molecule has 7 nitrogen and oxygen atoms in total. The van der Waals surface area contributed by atoms with E-state index in [4.69, 9.17) is 0 Å². The van der Waals surface area contributed by atoms with E-state index >= 15 is 0 Å². The van der Waals surface area contributed by atoms with Gasteiger partial charge in [-0.05, 0) is 13.8 Å². The van der Waals surface area contributed by atoms with Crippen molar-refractivity contribution in [1.29, 1.82) is 0 Å². The molecule has 2 N–H and O–H groups in total. The van der Waals surface area contributed by atoms with Gasteiger partial charge in [0.1, 0.15) is 0 Å². The Labute approximate surface area is 97.1 Å². The molecule has 0 spiro atoms. The third-order valence-electron chi connectivity index (χ3n) is 2.64. The predicted molar refractivity (Wildman–Crippen MR) is 65.4 cm³/mol. The minimum absolute atomic E-state index is 0.331. The van der Waals surface area contributed by atoms with Gasteiger partial charge in [0.15, 0.2) is 11.2 Å². The number of hydrogen-bond acceptors (Lipinski definition) is 4. The van der Waals surface area contributed by atoms with Gasteiger partial charge in [-0.25, -0.2) is 4.79 Å². The Morgan fingerprint density at radius 1 is 1.35 bits per heavy atom. The van der Waals surface area contributed by atoms with Gasteiger partial charge >= 0.3 is 5.69 Å². The number of aromatic nitrogens is 4. The SMILES string of the molecule is CCNc1nc2c([nH]1)c(=O)n(CC)c(=O)n2C. The average molecular weight is 237 g/mol. The van der Waals surface area contributed by atoms with Gasteiger partial charge in [-0.3, -0.25) is 13.9 Å². The van der Waals surface area contributed by atoms with E-state index in [0.29, 0.717) is 30.2 Å². The number of aryl methyl sites for hydroxylation is 1. The van der Waals surface area contributed by atoms with Crippen LogP contribution in [0.1, 0.15) is 13.8 Å². The fraction of sp³-hybridized carbons (Fsp3) is 0.500. The summed E-state index contributed by atoms with van der Waals surface area (Å²) in [5.41, 5.74) is 0.0485. The van der Waals surface area contributed by atoms with Crippen molar-refractivity contribution in [1.82, 2.24) is 19.1 Å². The Kier molecular flexibility index (Phi) is 2.74. The first kappa shape index (κ1) is 11.4. The Balaban J connectivity index is 2.84. The molecular formula is C10H15N5O2. The first-order chi connectivity index (χ1) is 8.10. The zero-order valence-electron chi connectivity index (χ0n) is 10.1. The number of aromatic amines is 1. The lowest BCUT2D eigenvalue weighted by molar-refractivity contribution is 0.637. The van der Waals surface area contributed by atoms with Crippen molar-refractivity contribution in [2.24, 2.45) is 7.05 Å². The van der Waals surface area contributed by atoms with E-state index in [0.717, 1.165) is 0 Å². The minimum Gasteiger partial charge on any atom is -0.356 e. The van der Waals surface area contributed by atoms with Crippen LogP contribution in [-0.4, -0.2) is 25.6 Å². The molecule has 2 heterocycles. The first-order valence-corrected chi connectivity index (χ1v) is 5.53. The summed E-state index contributed by atoms with van der Waals surface area (Å²) in [6.45, 7) is 4.72. The lowest BCUT2D eigenvalue weighted by atomic mass is 10.5. The first-order valence-electron chi connectivity index (χ1n) is 5.53. The molecule has 0 saturated carbocycles. The smallest absolute Gasteiger partial charge is 0.332 e. The summed E-state index contributed by atoms with van der Waals surface area (Å²) in [7, 11) is 1.60. The zero-order chi connectivity index (χ0) is 12.6. The Morgan fingerprint density at radius 3 is 2.65 bits per heavy atom. The predicted octanol–water partition coefficient (Wildman–Crippen LogP) is -0.125. The normalized spacial score (nSPS) is 11.0. The molecule has 0 atom stereocenters. The van der Waals surface area contributed by atoms with Gasteiger partial charge in [-0.1, -0.05) is 0 Å². The highest BCUT2D eigenvalue weighted by molar-refractivity contribution is 5.72. The van der Waals surface area contributed by atoms with Gasteiger partial charge in [0.25, 0.3) is 5.56 Å². The molecule has 0 aliphatic heterocycles. The number of fused-ring (bicyclic) bond motifs is 1. The number of hydrogen-bond donors (Lipinski definition) is 2. The van der Waals surface area contributed by atoms with Crippen LogP contribution in [0.4, 0.5) is 5.95 Å². The molecule has 2 aromatic rings. The van der Waals surface area contributed by atoms with Crippen LogP contribution < -0.4 is 16.6 Å². The van der Waals surface area contributed by atoms with Crippen LogP contribution in [0.15, 0.2) is 9.59 Å². The average Bonchev–Trinajstić information content (AvgIpc) is 2.72. The van der Waals surface area contributed by atoms with Crippen LogP contribution in [0.3, 0.4) is 0 Å². The molecule has 2 aromatic heterocycles. The largest absolute Gasteiger partial charge is 0.356 e. The standard InChI is InChI=1S/C10H15N5O2/c1-4-11-9-12-6-7(13-9)14(3)10(17)15(5-2)8(6)16/h4-5H2,1-3H3,(H2,11,12,13). The third kappa shape index (κ3) is 1.63. The molecule has 0 amide bonds. The lowest BCUT2D eigenvalue weighted by Crippen LogP contribution is -2.38. The molecule has 7 heteroatoms. The minimum atomic E-state index is -0.348. The Bertz CT molecular complexity index is 664. The maximum atomic E-state index is 12.0. The summed E-state index contributed by atoms with van der Waals surface area (Å²) in [6.07, 6.45) is 0. The van der Waals surface area contributed by atoms with E-state index in [1.165, 1.54) is 9.13 Å². The second-order valence-corrected chi connectivity index (χ2v) is 3.71. The molecule has 0 aliphatic rings. The maximum absolute atomic E-state index is 12.0. The molecule has 0 aromatic carbocycles. The summed E-state index contributed by atoms with van der Waals surface area (Å²) in [6, 6.07) is 0. The van der Waals surface area contributed by atoms with Crippen molar-refractivity contribution in [2.45, 2.75) is 20.4 Å². The van der Waals surface area contributed by atoms with Gasteiger partial charge in [-0.2, -0.15) is 4.98 Å². The molecule has 0 unspecified atom stereocenters. The van der Waals surface area contributed by atoms with Crippen molar-refractivity contribution in [3.63, 3.8) is 0 Å². The van der Waals surface area contributed by atoms with Crippen LogP contribution in [0.25, 0.3) is 11.2 Å². The maximum Gasteiger partial charge on any atom is 0.332 e. The Hall–Kier alpha value is -2.05. The quantitative estimate of drug-likeness (QED) is 0.779. The number of nitrogens with one attached hydrogen (secondary N) is 2. The van der Waals surface area contributed by atoms with Crippen molar-refractivity contribution in [3.8, 4) is 0 Å². The summed E-state index contributed by atoms with van der Waals surface area (Å²) in [5, 5.41) is 2.98. The fourth-order valence-corrected chi connectivity index (χ4v) is 1.78. The second-order valence-electron chi connectivity index (χ2n) is 3.71.